The Balaban J connectivity index is 1.64. The number of likely N-dealkylation sites (tertiary alicyclic amines) is 1. The maximum absolute atomic E-state index is 12.6. The first-order valence-electron chi connectivity index (χ1n) is 8.30. The van der Waals surface area contributed by atoms with E-state index in [4.69, 9.17) is 0 Å². The van der Waals surface area contributed by atoms with Gasteiger partial charge in [0.05, 0.1) is 6.54 Å². The SMILES string of the molecule is CN(CC(=O)N1CC2CCC1(C)C2)S(=O)(=O)/C=C/c1ccccc1. The minimum absolute atomic E-state index is 0.0772. The lowest BCUT2D eigenvalue weighted by molar-refractivity contribution is -0.135. The first kappa shape index (κ1) is 17.2. The first-order valence-corrected chi connectivity index (χ1v) is 9.80. The van der Waals surface area contributed by atoms with Gasteiger partial charge in [-0.1, -0.05) is 30.3 Å². The summed E-state index contributed by atoms with van der Waals surface area (Å²) in [4.78, 5) is 14.5. The van der Waals surface area contributed by atoms with Crippen molar-refractivity contribution in [1.82, 2.24) is 9.21 Å². The van der Waals surface area contributed by atoms with Gasteiger partial charge in [0.25, 0.3) is 0 Å². The van der Waals surface area contributed by atoms with Crippen molar-refractivity contribution >= 4 is 22.0 Å². The lowest BCUT2D eigenvalue weighted by atomic mass is 10.00. The van der Waals surface area contributed by atoms with E-state index in [9.17, 15) is 13.2 Å². The number of piperidine rings is 1. The maximum Gasteiger partial charge on any atom is 0.238 e. The predicted octanol–water partition coefficient (Wildman–Crippen LogP) is 2.32. The van der Waals surface area contributed by atoms with Crippen LogP contribution in [0.1, 0.15) is 31.7 Å². The number of hydrogen-bond donors (Lipinski definition) is 0. The summed E-state index contributed by atoms with van der Waals surface area (Å²) in [5, 5.41) is 1.16. The predicted molar refractivity (Wildman–Crippen MR) is 94.5 cm³/mol. The van der Waals surface area contributed by atoms with Crippen molar-refractivity contribution in [1.29, 1.82) is 0 Å². The van der Waals surface area contributed by atoms with Gasteiger partial charge < -0.3 is 4.90 Å². The summed E-state index contributed by atoms with van der Waals surface area (Å²) < 4.78 is 25.9. The topological polar surface area (TPSA) is 57.7 Å². The average Bonchev–Trinajstić information content (AvgIpc) is 3.09. The molecule has 5 nitrogen and oxygen atoms in total. The van der Waals surface area contributed by atoms with Crippen LogP contribution in [-0.4, -0.2) is 49.2 Å². The van der Waals surface area contributed by atoms with Gasteiger partial charge >= 0.3 is 0 Å². The second-order valence-corrected chi connectivity index (χ2v) is 9.05. The Morgan fingerprint density at radius 2 is 2.08 bits per heavy atom. The van der Waals surface area contributed by atoms with E-state index in [-0.39, 0.29) is 18.0 Å². The molecule has 1 aliphatic heterocycles. The molecule has 1 amide bonds. The van der Waals surface area contributed by atoms with Gasteiger partial charge in [-0.05, 0) is 43.7 Å². The molecule has 1 aromatic rings. The molecular weight excluding hydrogens is 324 g/mol. The number of carbonyl (C=O) groups is 1. The van der Waals surface area contributed by atoms with Crippen molar-refractivity contribution in [2.45, 2.75) is 31.7 Å². The highest BCUT2D eigenvalue weighted by Crippen LogP contribution is 2.46. The van der Waals surface area contributed by atoms with E-state index in [0.29, 0.717) is 5.92 Å². The van der Waals surface area contributed by atoms with Crippen LogP contribution in [0.3, 0.4) is 0 Å². The van der Waals surface area contributed by atoms with Gasteiger partial charge in [0.2, 0.25) is 15.9 Å². The molecular formula is C18H24N2O3S. The van der Waals surface area contributed by atoms with Crippen molar-refractivity contribution in [2.24, 2.45) is 5.92 Å². The molecule has 24 heavy (non-hydrogen) atoms. The Labute approximate surface area is 144 Å². The molecule has 1 saturated heterocycles. The van der Waals surface area contributed by atoms with Crippen molar-refractivity contribution in [2.75, 3.05) is 20.1 Å². The van der Waals surface area contributed by atoms with Crippen LogP contribution in [0, 0.1) is 5.92 Å². The van der Waals surface area contributed by atoms with E-state index in [2.05, 4.69) is 6.92 Å². The normalized spacial score (nSPS) is 26.6. The summed E-state index contributed by atoms with van der Waals surface area (Å²) in [5.41, 5.74) is 0.733. The largest absolute Gasteiger partial charge is 0.336 e. The van der Waals surface area contributed by atoms with Crippen LogP contribution in [0.5, 0.6) is 0 Å². The number of rotatable bonds is 5. The molecule has 2 aliphatic rings. The fourth-order valence-electron chi connectivity index (χ4n) is 3.82. The number of fused-ring (bicyclic) bond motifs is 2. The standard InChI is InChI=1S/C18H24N2O3S/c1-18-10-8-16(12-18)13-20(18)17(21)14-19(2)24(22,23)11-9-15-6-4-3-5-7-15/h3-7,9,11,16H,8,10,12-14H2,1-2H3/b11-9+. The summed E-state index contributed by atoms with van der Waals surface area (Å²) in [6.45, 7) is 2.77. The first-order chi connectivity index (χ1) is 11.3. The summed E-state index contributed by atoms with van der Waals surface area (Å²) in [6, 6.07) is 9.24. The molecule has 0 N–H and O–H groups in total. The van der Waals surface area contributed by atoms with Gasteiger partial charge in [0.15, 0.2) is 0 Å². The molecule has 3 rings (SSSR count). The lowest BCUT2D eigenvalue weighted by Gasteiger charge is -2.36. The zero-order valence-corrected chi connectivity index (χ0v) is 15.0. The number of hydrogen-bond acceptors (Lipinski definition) is 3. The van der Waals surface area contributed by atoms with Gasteiger partial charge in [-0.25, -0.2) is 8.42 Å². The highest BCUT2D eigenvalue weighted by Gasteiger charge is 2.49. The number of amides is 1. The Hall–Kier alpha value is -1.66. The Kier molecular flexibility index (Phi) is 4.53. The average molecular weight is 348 g/mol. The number of nitrogens with zero attached hydrogens (tertiary/aromatic N) is 2. The molecule has 6 heteroatoms. The van der Waals surface area contributed by atoms with Crippen LogP contribution >= 0.6 is 0 Å². The van der Waals surface area contributed by atoms with Gasteiger partial charge in [-0.15, -0.1) is 0 Å². The third kappa shape index (κ3) is 3.39. The lowest BCUT2D eigenvalue weighted by Crippen LogP contribution is -2.49. The van der Waals surface area contributed by atoms with E-state index < -0.39 is 10.0 Å². The van der Waals surface area contributed by atoms with Crippen LogP contribution in [0.2, 0.25) is 0 Å². The fraction of sp³-hybridized carbons (Fsp3) is 0.500. The van der Waals surface area contributed by atoms with Crippen molar-refractivity contribution in [3.63, 3.8) is 0 Å². The van der Waals surface area contributed by atoms with Crippen molar-refractivity contribution in [3.05, 3.63) is 41.3 Å². The monoisotopic (exact) mass is 348 g/mol. The van der Waals surface area contributed by atoms with Crippen LogP contribution in [0.4, 0.5) is 0 Å². The molecule has 0 spiro atoms. The number of benzene rings is 1. The summed E-state index contributed by atoms with van der Waals surface area (Å²) in [6.07, 6.45) is 4.79. The van der Waals surface area contributed by atoms with Gasteiger partial charge in [0.1, 0.15) is 0 Å². The van der Waals surface area contributed by atoms with Crippen molar-refractivity contribution in [3.8, 4) is 0 Å². The zero-order valence-electron chi connectivity index (χ0n) is 14.2. The minimum atomic E-state index is -3.61. The summed E-state index contributed by atoms with van der Waals surface area (Å²) in [5.74, 6) is 0.484. The number of likely N-dealkylation sites (N-methyl/N-ethyl adjacent to an activating group) is 1. The van der Waals surface area contributed by atoms with Gasteiger partial charge in [0, 0.05) is 24.5 Å². The van der Waals surface area contributed by atoms with Crippen molar-refractivity contribution < 1.29 is 13.2 Å². The molecule has 1 aliphatic carbocycles. The fourth-order valence-corrected chi connectivity index (χ4v) is 4.65. The molecule has 2 atom stereocenters. The third-order valence-electron chi connectivity index (χ3n) is 5.24. The van der Waals surface area contributed by atoms with Crippen LogP contribution in [0.25, 0.3) is 6.08 Å². The number of sulfonamides is 1. The summed E-state index contributed by atoms with van der Waals surface area (Å²) in [7, 11) is -2.15. The molecule has 2 bridgehead atoms. The molecule has 1 heterocycles. The highest BCUT2D eigenvalue weighted by molar-refractivity contribution is 7.92. The molecule has 2 unspecified atom stereocenters. The molecule has 1 aromatic carbocycles. The smallest absolute Gasteiger partial charge is 0.238 e. The maximum atomic E-state index is 12.6. The Morgan fingerprint density at radius 3 is 2.67 bits per heavy atom. The highest BCUT2D eigenvalue weighted by atomic mass is 32.2. The van der Waals surface area contributed by atoms with E-state index in [1.54, 1.807) is 6.08 Å². The molecule has 0 aromatic heterocycles. The van der Waals surface area contributed by atoms with E-state index in [0.717, 1.165) is 34.7 Å². The van der Waals surface area contributed by atoms with E-state index in [1.165, 1.54) is 13.5 Å². The molecule has 2 fully saturated rings. The molecule has 0 radical (unpaired) electrons. The van der Waals surface area contributed by atoms with Gasteiger partial charge in [-0.3, -0.25) is 4.79 Å². The van der Waals surface area contributed by atoms with Crippen LogP contribution in [-0.2, 0) is 14.8 Å². The Bertz CT molecular complexity index is 745. The van der Waals surface area contributed by atoms with E-state index >= 15 is 0 Å². The zero-order chi connectivity index (χ0) is 17.4. The van der Waals surface area contributed by atoms with E-state index in [1.807, 2.05) is 35.2 Å². The summed E-state index contributed by atoms with van der Waals surface area (Å²) >= 11 is 0. The molecule has 1 saturated carbocycles. The minimum Gasteiger partial charge on any atom is -0.336 e. The quantitative estimate of drug-likeness (QED) is 0.820. The Morgan fingerprint density at radius 1 is 1.38 bits per heavy atom. The second kappa shape index (κ2) is 6.33. The van der Waals surface area contributed by atoms with Crippen LogP contribution in [0.15, 0.2) is 35.7 Å². The molecule has 130 valence electrons. The van der Waals surface area contributed by atoms with Crippen LogP contribution < -0.4 is 0 Å². The third-order valence-corrected chi connectivity index (χ3v) is 6.72. The second-order valence-electron chi connectivity index (χ2n) is 7.12. The van der Waals surface area contributed by atoms with Gasteiger partial charge in [-0.2, -0.15) is 4.31 Å². The number of carbonyl (C=O) groups excluding carboxylic acids is 1.